The Morgan fingerprint density at radius 1 is 1.19 bits per heavy atom. The lowest BCUT2D eigenvalue weighted by molar-refractivity contribution is -0.118. The van der Waals surface area contributed by atoms with Crippen molar-refractivity contribution >= 4 is 44.1 Å². The van der Waals surface area contributed by atoms with E-state index in [1.54, 1.807) is 18.2 Å². The fourth-order valence-electron chi connectivity index (χ4n) is 3.52. The van der Waals surface area contributed by atoms with Crippen LogP contribution in [-0.4, -0.2) is 25.5 Å². The quantitative estimate of drug-likeness (QED) is 0.383. The van der Waals surface area contributed by atoms with Crippen molar-refractivity contribution in [1.29, 1.82) is 0 Å². The van der Waals surface area contributed by atoms with E-state index in [4.69, 9.17) is 0 Å². The summed E-state index contributed by atoms with van der Waals surface area (Å²) in [5, 5.41) is 20.7. The van der Waals surface area contributed by atoms with Crippen molar-refractivity contribution in [1.82, 2.24) is 14.5 Å². The van der Waals surface area contributed by atoms with Gasteiger partial charge in [-0.15, -0.1) is 21.6 Å². The zero-order chi connectivity index (χ0) is 22.2. The van der Waals surface area contributed by atoms with E-state index in [0.29, 0.717) is 21.1 Å². The summed E-state index contributed by atoms with van der Waals surface area (Å²) in [6, 6.07) is 15.0. The highest BCUT2D eigenvalue weighted by Crippen LogP contribution is 2.35. The molecule has 0 aliphatic heterocycles. The number of thiophene rings is 1. The second-order valence-corrected chi connectivity index (χ2v) is 8.19. The first-order valence-electron chi connectivity index (χ1n) is 9.79. The summed E-state index contributed by atoms with van der Waals surface area (Å²) in [6.45, 7) is 1.69. The molecular weight excluding hydrogens is 426 g/mol. The summed E-state index contributed by atoms with van der Waals surface area (Å²) < 4.78 is 1.23. The van der Waals surface area contributed by atoms with Crippen LogP contribution in [0.2, 0.25) is 0 Å². The van der Waals surface area contributed by atoms with Crippen LogP contribution in [-0.2, 0) is 11.3 Å². The van der Waals surface area contributed by atoms with Crippen molar-refractivity contribution in [2.75, 3.05) is 0 Å². The van der Waals surface area contributed by atoms with Crippen LogP contribution < -0.4 is 5.56 Å². The lowest BCUT2D eigenvalue weighted by atomic mass is 10.1. The molecule has 0 saturated heterocycles. The number of fused-ring (bicyclic) bond motifs is 2. The molecule has 2 aromatic carbocycles. The summed E-state index contributed by atoms with van der Waals surface area (Å²) in [7, 11) is 0. The lowest BCUT2D eigenvalue weighted by Gasteiger charge is -2.04. The summed E-state index contributed by atoms with van der Waals surface area (Å²) in [5.41, 5.74) is 3.37. The first-order valence-corrected chi connectivity index (χ1v) is 10.7. The van der Waals surface area contributed by atoms with E-state index in [0.717, 1.165) is 16.7 Å². The third-order valence-corrected chi connectivity index (χ3v) is 6.04. The summed E-state index contributed by atoms with van der Waals surface area (Å²) in [5.74, 6) is -0.811. The molecule has 0 aliphatic rings. The van der Waals surface area contributed by atoms with Crippen LogP contribution in [0.15, 0.2) is 75.3 Å². The lowest BCUT2D eigenvalue weighted by Crippen LogP contribution is -2.23. The highest BCUT2D eigenvalue weighted by atomic mass is 32.1. The van der Waals surface area contributed by atoms with Gasteiger partial charge < -0.3 is 10.1 Å². The first kappa shape index (κ1) is 19.8. The van der Waals surface area contributed by atoms with Gasteiger partial charge in [0.1, 0.15) is 11.4 Å². The van der Waals surface area contributed by atoms with Crippen LogP contribution in [0.25, 0.3) is 32.2 Å². The zero-order valence-electron chi connectivity index (χ0n) is 16.9. The van der Waals surface area contributed by atoms with Crippen LogP contribution in [0, 0.1) is 6.92 Å². The molecule has 0 spiro atoms. The van der Waals surface area contributed by atoms with Crippen molar-refractivity contribution in [3.63, 3.8) is 0 Å². The normalized spacial score (nSPS) is 11.7. The van der Waals surface area contributed by atoms with Crippen LogP contribution in [0.5, 0.6) is 5.88 Å². The fraction of sp³-hybridized carbons (Fsp3) is 0.0870. The van der Waals surface area contributed by atoms with Crippen molar-refractivity contribution in [2.45, 2.75) is 13.5 Å². The largest absolute Gasteiger partial charge is 0.493 e. The molecule has 8 nitrogen and oxygen atoms in total. The monoisotopic (exact) mass is 443 g/mol. The number of aryl methyl sites for hydroxylation is 1. The smallest absolute Gasteiger partial charge is 0.284 e. The molecule has 3 heterocycles. The third-order valence-electron chi connectivity index (χ3n) is 5.15. The first-order chi connectivity index (χ1) is 15.5. The summed E-state index contributed by atoms with van der Waals surface area (Å²) >= 11 is 1.38. The van der Waals surface area contributed by atoms with Gasteiger partial charge >= 0.3 is 0 Å². The van der Waals surface area contributed by atoms with Gasteiger partial charge in [-0.25, -0.2) is 4.98 Å². The van der Waals surface area contributed by atoms with Crippen molar-refractivity contribution < 1.29 is 9.90 Å². The molecule has 5 rings (SSSR count). The van der Waals surface area contributed by atoms with E-state index in [-0.39, 0.29) is 23.7 Å². The maximum atomic E-state index is 13.1. The number of aromatic nitrogens is 3. The molecule has 0 radical (unpaired) electrons. The molecule has 158 valence electrons. The van der Waals surface area contributed by atoms with Gasteiger partial charge in [-0.05, 0) is 18.6 Å². The number of nitrogens with zero attached hydrogens (tertiary/aromatic N) is 4. The number of H-pyrrole nitrogens is 1. The average Bonchev–Trinajstić information content (AvgIpc) is 3.36. The van der Waals surface area contributed by atoms with Crippen molar-refractivity contribution in [3.8, 4) is 17.0 Å². The number of benzene rings is 2. The van der Waals surface area contributed by atoms with Gasteiger partial charge in [-0.1, -0.05) is 48.0 Å². The number of carbonyl (C=O) groups is 1. The second-order valence-electron chi connectivity index (χ2n) is 7.33. The Morgan fingerprint density at radius 2 is 1.97 bits per heavy atom. The van der Waals surface area contributed by atoms with E-state index in [1.165, 1.54) is 22.2 Å². The van der Waals surface area contributed by atoms with Crippen LogP contribution in [0.3, 0.4) is 0 Å². The van der Waals surface area contributed by atoms with Gasteiger partial charge in [0.05, 0.1) is 17.2 Å². The van der Waals surface area contributed by atoms with Gasteiger partial charge in [0.25, 0.3) is 11.5 Å². The minimum Gasteiger partial charge on any atom is -0.493 e. The van der Waals surface area contributed by atoms with Crippen molar-refractivity contribution in [3.05, 3.63) is 76.2 Å². The molecule has 5 aromatic rings. The summed E-state index contributed by atoms with van der Waals surface area (Å²) in [6.07, 6.45) is 1.34. The molecule has 0 fully saturated rings. The molecule has 32 heavy (non-hydrogen) atoms. The maximum Gasteiger partial charge on any atom is 0.284 e. The van der Waals surface area contributed by atoms with E-state index in [9.17, 15) is 14.7 Å². The van der Waals surface area contributed by atoms with Crippen LogP contribution in [0.1, 0.15) is 5.56 Å². The Balaban J connectivity index is 1.45. The number of nitrogens with one attached hydrogen (secondary N) is 1. The predicted octanol–water partition coefficient (Wildman–Crippen LogP) is 4.93. The molecule has 0 aliphatic carbocycles. The topological polar surface area (TPSA) is 113 Å². The SMILES string of the molecule is Cc1ccc(-c2csc3ncn(CC(=O)N=Nc4c(O)[nH]c5ccccc45)c(=O)c23)cc1. The van der Waals surface area contributed by atoms with Crippen LogP contribution in [0.4, 0.5) is 5.69 Å². The minimum absolute atomic E-state index is 0.175. The minimum atomic E-state index is -0.634. The standard InChI is InChI=1S/C23H17N5O3S/c1-13-6-8-14(9-7-13)16-11-32-22-19(16)23(31)28(12-24-22)10-18(29)26-27-20-15-4-2-3-5-17(15)25-21(20)30/h2-9,11-12,25,30H,10H2,1H3. The molecule has 3 aromatic heterocycles. The van der Waals surface area contributed by atoms with E-state index in [2.05, 4.69) is 20.2 Å². The maximum absolute atomic E-state index is 13.1. The number of aromatic amines is 1. The number of aromatic hydroxyl groups is 1. The Labute approximate surface area is 185 Å². The van der Waals surface area contributed by atoms with Gasteiger partial charge in [-0.3, -0.25) is 14.2 Å². The second kappa shape index (κ2) is 7.86. The average molecular weight is 443 g/mol. The molecule has 1 amide bonds. The van der Waals surface area contributed by atoms with Crippen LogP contribution >= 0.6 is 11.3 Å². The highest BCUT2D eigenvalue weighted by Gasteiger charge is 2.15. The van der Waals surface area contributed by atoms with Gasteiger partial charge in [0.15, 0.2) is 5.69 Å². The Morgan fingerprint density at radius 3 is 2.78 bits per heavy atom. The number of rotatable bonds is 4. The zero-order valence-corrected chi connectivity index (χ0v) is 17.8. The number of carbonyl (C=O) groups excluding carboxylic acids is 1. The van der Waals surface area contributed by atoms with Gasteiger partial charge in [0, 0.05) is 16.3 Å². The molecule has 0 bridgehead atoms. The Hall–Kier alpha value is -4.11. The summed E-state index contributed by atoms with van der Waals surface area (Å²) in [4.78, 5) is 33.3. The Bertz CT molecular complexity index is 1560. The van der Waals surface area contributed by atoms with Crippen molar-refractivity contribution in [2.24, 2.45) is 10.2 Å². The number of hydrogen-bond donors (Lipinski definition) is 2. The molecule has 0 unspecified atom stereocenters. The molecule has 0 atom stereocenters. The molecule has 9 heteroatoms. The number of hydrogen-bond acceptors (Lipinski definition) is 6. The van der Waals surface area contributed by atoms with Gasteiger partial charge in [0.2, 0.25) is 5.88 Å². The van der Waals surface area contributed by atoms with E-state index < -0.39 is 5.91 Å². The van der Waals surface area contributed by atoms with E-state index in [1.807, 2.05) is 42.6 Å². The number of amides is 1. The molecular formula is C23H17N5O3S. The molecule has 0 saturated carbocycles. The van der Waals surface area contributed by atoms with Gasteiger partial charge in [-0.2, -0.15) is 0 Å². The fourth-order valence-corrected chi connectivity index (χ4v) is 4.43. The van der Waals surface area contributed by atoms with E-state index >= 15 is 0 Å². The highest BCUT2D eigenvalue weighted by molar-refractivity contribution is 7.17. The molecule has 2 N–H and O–H groups in total. The predicted molar refractivity (Wildman–Crippen MR) is 124 cm³/mol. The number of azo groups is 1. The number of para-hydroxylation sites is 1. The Kier molecular flexibility index (Phi) is 4.87. The third kappa shape index (κ3) is 3.48.